The van der Waals surface area contributed by atoms with Crippen molar-refractivity contribution in [3.63, 3.8) is 0 Å². The molecule has 148 valence electrons. The number of terminal acetylenes is 1. The number of hydrogen-bond donors (Lipinski definition) is 0. The number of aromatic nitrogens is 2. The first-order valence-electron chi connectivity index (χ1n) is 9.78. The largest absolute Gasteiger partial charge is 0.497 e. The lowest BCUT2D eigenvalue weighted by Crippen LogP contribution is -2.47. The number of benzene rings is 1. The van der Waals surface area contributed by atoms with Crippen LogP contribution >= 0.6 is 0 Å². The van der Waals surface area contributed by atoms with Crippen LogP contribution < -0.4 is 14.4 Å². The molecule has 0 spiro atoms. The first kappa shape index (κ1) is 20.0. The second kappa shape index (κ2) is 10.5. The van der Waals surface area contributed by atoms with Crippen molar-refractivity contribution in [1.29, 1.82) is 0 Å². The van der Waals surface area contributed by atoms with E-state index in [1.165, 1.54) is 0 Å². The van der Waals surface area contributed by atoms with E-state index in [9.17, 15) is 0 Å². The van der Waals surface area contributed by atoms with Crippen LogP contribution in [-0.2, 0) is 6.61 Å². The van der Waals surface area contributed by atoms with Gasteiger partial charge in [0, 0.05) is 44.9 Å². The Labute approximate surface area is 167 Å². The van der Waals surface area contributed by atoms with Gasteiger partial charge in [-0.3, -0.25) is 4.90 Å². The van der Waals surface area contributed by atoms with E-state index in [2.05, 4.69) is 25.7 Å². The Hall–Kier alpha value is -2.78. The molecule has 6 heteroatoms. The summed E-state index contributed by atoms with van der Waals surface area (Å²) in [6.45, 7) is 5.45. The number of piperazine rings is 1. The maximum atomic E-state index is 5.86. The lowest BCUT2D eigenvalue weighted by molar-refractivity contribution is 0.251. The third kappa shape index (κ3) is 5.86. The first-order chi connectivity index (χ1) is 13.8. The van der Waals surface area contributed by atoms with Crippen molar-refractivity contribution in [1.82, 2.24) is 14.9 Å². The fourth-order valence-corrected chi connectivity index (χ4v) is 3.22. The van der Waals surface area contributed by atoms with Crippen LogP contribution in [-0.4, -0.2) is 54.7 Å². The number of hydrogen-bond acceptors (Lipinski definition) is 6. The lowest BCUT2D eigenvalue weighted by Gasteiger charge is -2.34. The van der Waals surface area contributed by atoms with Crippen LogP contribution in [0.2, 0.25) is 0 Å². The Balaban J connectivity index is 1.49. The van der Waals surface area contributed by atoms with Crippen LogP contribution in [0.1, 0.15) is 24.8 Å². The van der Waals surface area contributed by atoms with Crippen molar-refractivity contribution in [2.45, 2.75) is 25.9 Å². The SMILES string of the molecule is C#CCCCCN1CCN(c2nccc(OCc3cccc(OC)c3)n2)CC1. The van der Waals surface area contributed by atoms with Crippen molar-refractivity contribution in [2.75, 3.05) is 44.7 Å². The van der Waals surface area contributed by atoms with E-state index in [1.54, 1.807) is 19.4 Å². The Kier molecular flexibility index (Phi) is 7.51. The summed E-state index contributed by atoms with van der Waals surface area (Å²) in [6.07, 6.45) is 10.2. The molecule has 1 aromatic heterocycles. The minimum Gasteiger partial charge on any atom is -0.497 e. The number of unbranched alkanes of at least 4 members (excludes halogenated alkanes) is 2. The molecule has 0 unspecified atom stereocenters. The molecule has 0 amide bonds. The fraction of sp³-hybridized carbons (Fsp3) is 0.455. The molecule has 0 aliphatic carbocycles. The third-order valence-electron chi connectivity index (χ3n) is 4.84. The summed E-state index contributed by atoms with van der Waals surface area (Å²) in [4.78, 5) is 13.7. The molecule has 6 nitrogen and oxygen atoms in total. The zero-order chi connectivity index (χ0) is 19.6. The molecule has 0 saturated carbocycles. The second-order valence-electron chi connectivity index (χ2n) is 6.83. The van der Waals surface area contributed by atoms with Crippen LogP contribution in [0, 0.1) is 12.3 Å². The molecular weight excluding hydrogens is 352 g/mol. The average molecular weight is 380 g/mol. The first-order valence-corrected chi connectivity index (χ1v) is 9.78. The summed E-state index contributed by atoms with van der Waals surface area (Å²) >= 11 is 0. The predicted molar refractivity (Wildman–Crippen MR) is 111 cm³/mol. The summed E-state index contributed by atoms with van der Waals surface area (Å²) < 4.78 is 11.1. The molecule has 0 bridgehead atoms. The molecular formula is C22H28N4O2. The van der Waals surface area contributed by atoms with E-state index in [0.29, 0.717) is 12.5 Å². The highest BCUT2D eigenvalue weighted by molar-refractivity contribution is 5.33. The number of nitrogens with zero attached hydrogens (tertiary/aromatic N) is 4. The Morgan fingerprint density at radius 3 is 2.79 bits per heavy atom. The highest BCUT2D eigenvalue weighted by Gasteiger charge is 2.19. The predicted octanol–water partition coefficient (Wildman–Crippen LogP) is 2.99. The second-order valence-corrected chi connectivity index (χ2v) is 6.83. The smallest absolute Gasteiger partial charge is 0.228 e. The monoisotopic (exact) mass is 380 g/mol. The van der Waals surface area contributed by atoms with Gasteiger partial charge in [-0.2, -0.15) is 4.98 Å². The molecule has 28 heavy (non-hydrogen) atoms. The fourth-order valence-electron chi connectivity index (χ4n) is 3.22. The van der Waals surface area contributed by atoms with Gasteiger partial charge < -0.3 is 14.4 Å². The Morgan fingerprint density at radius 1 is 1.14 bits per heavy atom. The van der Waals surface area contributed by atoms with Crippen LogP contribution in [0.3, 0.4) is 0 Å². The van der Waals surface area contributed by atoms with Gasteiger partial charge >= 0.3 is 0 Å². The van der Waals surface area contributed by atoms with Gasteiger partial charge in [0.15, 0.2) is 0 Å². The highest BCUT2D eigenvalue weighted by atomic mass is 16.5. The van der Waals surface area contributed by atoms with E-state index in [-0.39, 0.29) is 0 Å². The van der Waals surface area contributed by atoms with E-state index >= 15 is 0 Å². The van der Waals surface area contributed by atoms with Crippen LogP contribution in [0.15, 0.2) is 36.5 Å². The number of rotatable bonds is 9. The summed E-state index contributed by atoms with van der Waals surface area (Å²) in [5.41, 5.74) is 1.04. The molecule has 1 aromatic carbocycles. The molecule has 1 aliphatic heterocycles. The van der Waals surface area contributed by atoms with Crippen molar-refractivity contribution >= 4 is 5.95 Å². The highest BCUT2D eigenvalue weighted by Crippen LogP contribution is 2.18. The summed E-state index contributed by atoms with van der Waals surface area (Å²) in [5.74, 6) is 4.84. The topological polar surface area (TPSA) is 50.7 Å². The number of anilines is 1. The summed E-state index contributed by atoms with van der Waals surface area (Å²) in [5, 5.41) is 0. The quantitative estimate of drug-likeness (QED) is 0.492. The van der Waals surface area contributed by atoms with E-state index in [0.717, 1.165) is 69.2 Å². The number of methoxy groups -OCH3 is 1. The minimum atomic E-state index is 0.444. The van der Waals surface area contributed by atoms with Crippen LogP contribution in [0.4, 0.5) is 5.95 Å². The van der Waals surface area contributed by atoms with E-state index in [4.69, 9.17) is 15.9 Å². The van der Waals surface area contributed by atoms with Gasteiger partial charge in [0.25, 0.3) is 0 Å². The molecule has 2 heterocycles. The van der Waals surface area contributed by atoms with Crippen LogP contribution in [0.25, 0.3) is 0 Å². The Bertz CT molecular complexity index is 782. The Morgan fingerprint density at radius 2 is 2.00 bits per heavy atom. The van der Waals surface area contributed by atoms with Crippen molar-refractivity contribution in [3.8, 4) is 24.0 Å². The van der Waals surface area contributed by atoms with Crippen molar-refractivity contribution < 1.29 is 9.47 Å². The van der Waals surface area contributed by atoms with E-state index < -0.39 is 0 Å². The van der Waals surface area contributed by atoms with Gasteiger partial charge in [-0.05, 0) is 37.1 Å². The molecule has 0 atom stereocenters. The van der Waals surface area contributed by atoms with Gasteiger partial charge in [-0.25, -0.2) is 4.98 Å². The molecule has 2 aromatic rings. The standard InChI is InChI=1S/C22H28N4O2/c1-3-4-5-6-12-25-13-15-26(16-14-25)22-23-11-10-21(24-22)28-18-19-8-7-9-20(17-19)27-2/h1,7-11,17H,4-6,12-16,18H2,2H3. The average Bonchev–Trinajstić information content (AvgIpc) is 2.76. The molecule has 1 saturated heterocycles. The third-order valence-corrected chi connectivity index (χ3v) is 4.84. The van der Waals surface area contributed by atoms with Gasteiger partial charge in [-0.1, -0.05) is 12.1 Å². The molecule has 0 N–H and O–H groups in total. The van der Waals surface area contributed by atoms with E-state index in [1.807, 2.05) is 24.3 Å². The summed E-state index contributed by atoms with van der Waals surface area (Å²) in [7, 11) is 1.66. The summed E-state index contributed by atoms with van der Waals surface area (Å²) in [6, 6.07) is 9.64. The van der Waals surface area contributed by atoms with Crippen molar-refractivity contribution in [2.24, 2.45) is 0 Å². The lowest BCUT2D eigenvalue weighted by atomic mass is 10.2. The van der Waals surface area contributed by atoms with Gasteiger partial charge in [0.1, 0.15) is 12.4 Å². The molecule has 1 fully saturated rings. The van der Waals surface area contributed by atoms with Crippen LogP contribution in [0.5, 0.6) is 11.6 Å². The van der Waals surface area contributed by atoms with Gasteiger partial charge in [0.2, 0.25) is 11.8 Å². The maximum Gasteiger partial charge on any atom is 0.228 e. The zero-order valence-corrected chi connectivity index (χ0v) is 16.5. The molecule has 3 rings (SSSR count). The van der Waals surface area contributed by atoms with Gasteiger partial charge in [0.05, 0.1) is 7.11 Å². The minimum absolute atomic E-state index is 0.444. The normalized spacial score (nSPS) is 14.5. The van der Waals surface area contributed by atoms with Gasteiger partial charge in [-0.15, -0.1) is 12.3 Å². The molecule has 0 radical (unpaired) electrons. The zero-order valence-electron chi connectivity index (χ0n) is 16.5. The maximum absolute atomic E-state index is 5.86. The number of ether oxygens (including phenoxy) is 2. The van der Waals surface area contributed by atoms with Crippen molar-refractivity contribution in [3.05, 3.63) is 42.1 Å². The molecule has 1 aliphatic rings.